The lowest BCUT2D eigenvalue weighted by atomic mass is 10.1. The summed E-state index contributed by atoms with van der Waals surface area (Å²) in [5, 5.41) is 18.5. The van der Waals surface area contributed by atoms with Crippen LogP contribution in [-0.4, -0.2) is 22.4 Å². The van der Waals surface area contributed by atoms with Gasteiger partial charge in [0.05, 0.1) is 21.2 Å². The predicted octanol–water partition coefficient (Wildman–Crippen LogP) is 5.31. The first-order valence-corrected chi connectivity index (χ1v) is 9.96. The number of carbonyl (C=O) groups is 2. The highest BCUT2D eigenvalue weighted by molar-refractivity contribution is 6.37. The molecule has 10 heteroatoms. The Morgan fingerprint density at radius 1 is 0.938 bits per heavy atom. The molecule has 32 heavy (non-hydrogen) atoms. The van der Waals surface area contributed by atoms with Crippen molar-refractivity contribution < 1.29 is 14.5 Å². The van der Waals surface area contributed by atoms with Crippen LogP contribution in [0.25, 0.3) is 0 Å². The van der Waals surface area contributed by atoms with Crippen molar-refractivity contribution in [3.63, 3.8) is 0 Å². The maximum Gasteiger partial charge on any atom is 0.282 e. The summed E-state index contributed by atoms with van der Waals surface area (Å²) in [6, 6.07) is 16.9. The number of nitro groups is 1. The van der Waals surface area contributed by atoms with Crippen molar-refractivity contribution >= 4 is 52.1 Å². The lowest BCUT2D eigenvalue weighted by molar-refractivity contribution is -0.385. The molecule has 3 rings (SSSR count). The molecule has 3 aromatic rings. The van der Waals surface area contributed by atoms with Gasteiger partial charge < -0.3 is 5.32 Å². The number of para-hydroxylation sites is 1. The topological polar surface area (TPSA) is 114 Å². The molecule has 0 aliphatic carbocycles. The van der Waals surface area contributed by atoms with Gasteiger partial charge in [-0.15, -0.1) is 0 Å². The normalized spacial score (nSPS) is 11.0. The lowest BCUT2D eigenvalue weighted by Crippen LogP contribution is -2.20. The summed E-state index contributed by atoms with van der Waals surface area (Å²) in [5.74, 6) is -1.12. The van der Waals surface area contributed by atoms with Crippen LogP contribution < -0.4 is 10.7 Å². The molecule has 3 aromatic carbocycles. The van der Waals surface area contributed by atoms with Gasteiger partial charge in [0, 0.05) is 16.8 Å². The molecular weight excluding hydrogens is 455 g/mol. The molecule has 8 nitrogen and oxygen atoms in total. The maximum absolute atomic E-state index is 12.5. The summed E-state index contributed by atoms with van der Waals surface area (Å²) in [4.78, 5) is 35.3. The molecule has 0 bridgehead atoms. The van der Waals surface area contributed by atoms with E-state index in [1.54, 1.807) is 37.3 Å². The van der Waals surface area contributed by atoms with E-state index in [1.165, 1.54) is 36.4 Å². The fourth-order valence-electron chi connectivity index (χ4n) is 2.78. The number of amides is 2. The first kappa shape index (κ1) is 22.9. The molecule has 0 aliphatic heterocycles. The highest BCUT2D eigenvalue weighted by Crippen LogP contribution is 2.22. The number of rotatable bonds is 6. The highest BCUT2D eigenvalue weighted by Gasteiger charge is 2.19. The first-order valence-electron chi connectivity index (χ1n) is 9.21. The predicted molar refractivity (Wildman–Crippen MR) is 124 cm³/mol. The van der Waals surface area contributed by atoms with Gasteiger partial charge in [-0.2, -0.15) is 5.10 Å². The van der Waals surface area contributed by atoms with Gasteiger partial charge in [0.2, 0.25) is 0 Å². The van der Waals surface area contributed by atoms with Crippen LogP contribution in [0.15, 0.2) is 71.8 Å². The van der Waals surface area contributed by atoms with Gasteiger partial charge in [-0.25, -0.2) is 5.43 Å². The quantitative estimate of drug-likeness (QED) is 0.288. The molecule has 0 aliphatic rings. The van der Waals surface area contributed by atoms with Crippen molar-refractivity contribution in [2.24, 2.45) is 5.10 Å². The molecule has 0 saturated carbocycles. The third kappa shape index (κ3) is 5.48. The number of benzene rings is 3. The summed E-state index contributed by atoms with van der Waals surface area (Å²) >= 11 is 11.9. The molecule has 0 saturated heterocycles. The molecule has 2 amide bonds. The molecule has 0 unspecified atom stereocenters. The molecule has 0 aromatic heterocycles. The Hall–Kier alpha value is -3.75. The molecule has 2 N–H and O–H groups in total. The minimum absolute atomic E-state index is 0.102. The van der Waals surface area contributed by atoms with Crippen molar-refractivity contribution in [2.75, 3.05) is 5.32 Å². The average molecular weight is 471 g/mol. The monoisotopic (exact) mass is 470 g/mol. The zero-order chi connectivity index (χ0) is 23.3. The average Bonchev–Trinajstić information content (AvgIpc) is 2.77. The number of anilines is 1. The van der Waals surface area contributed by atoms with E-state index in [9.17, 15) is 19.7 Å². The summed E-state index contributed by atoms with van der Waals surface area (Å²) in [6.07, 6.45) is 0. The standard InChI is InChI=1S/C22H16Cl2N4O4/c1-13(26-27-22(30)18-7-2-3-8-20(18)28(31)32)14-5-4-6-16(11-14)25-21(29)17-10-9-15(23)12-19(17)24/h2-12H,1H3,(H,25,29)(H,27,30)/b26-13-. The minimum Gasteiger partial charge on any atom is -0.322 e. The molecule has 0 atom stereocenters. The van der Waals surface area contributed by atoms with E-state index in [1.807, 2.05) is 0 Å². The minimum atomic E-state index is -0.710. The number of hydrazone groups is 1. The van der Waals surface area contributed by atoms with Crippen molar-refractivity contribution in [3.05, 3.63) is 104 Å². The van der Waals surface area contributed by atoms with Gasteiger partial charge in [-0.3, -0.25) is 19.7 Å². The smallest absolute Gasteiger partial charge is 0.282 e. The third-order valence-electron chi connectivity index (χ3n) is 4.38. The van der Waals surface area contributed by atoms with Crippen LogP contribution in [0.2, 0.25) is 10.0 Å². The van der Waals surface area contributed by atoms with Crippen LogP contribution in [0.1, 0.15) is 33.2 Å². The third-order valence-corrected chi connectivity index (χ3v) is 4.93. The Kier molecular flexibility index (Phi) is 7.19. The molecule has 0 spiro atoms. The lowest BCUT2D eigenvalue weighted by Gasteiger charge is -2.09. The molecule has 162 valence electrons. The van der Waals surface area contributed by atoms with Gasteiger partial charge >= 0.3 is 0 Å². The summed E-state index contributed by atoms with van der Waals surface area (Å²) in [7, 11) is 0. The van der Waals surface area contributed by atoms with E-state index in [0.717, 1.165) is 0 Å². The molecule has 0 heterocycles. The number of hydrogen-bond donors (Lipinski definition) is 2. The van der Waals surface area contributed by atoms with Crippen molar-refractivity contribution in [2.45, 2.75) is 6.92 Å². The first-order chi connectivity index (χ1) is 15.3. The van der Waals surface area contributed by atoms with Gasteiger partial charge in [-0.1, -0.05) is 47.5 Å². The van der Waals surface area contributed by atoms with Gasteiger partial charge in [-0.05, 0) is 48.9 Å². The van der Waals surface area contributed by atoms with Crippen molar-refractivity contribution in [1.82, 2.24) is 5.43 Å². The van der Waals surface area contributed by atoms with Crippen LogP contribution in [0.4, 0.5) is 11.4 Å². The molecule has 0 radical (unpaired) electrons. The second kappa shape index (κ2) is 10.0. The van der Waals surface area contributed by atoms with Gasteiger partial charge in [0.1, 0.15) is 5.56 Å². The number of halogens is 2. The Morgan fingerprint density at radius 2 is 1.69 bits per heavy atom. The van der Waals surface area contributed by atoms with E-state index in [-0.39, 0.29) is 21.8 Å². The van der Waals surface area contributed by atoms with Crippen LogP contribution in [0.3, 0.4) is 0 Å². The second-order valence-corrected chi connectivity index (χ2v) is 7.42. The molecular formula is C22H16Cl2N4O4. The Labute approximate surface area is 193 Å². The largest absolute Gasteiger partial charge is 0.322 e. The number of hydrogen-bond acceptors (Lipinski definition) is 5. The zero-order valence-corrected chi connectivity index (χ0v) is 18.1. The van der Waals surface area contributed by atoms with E-state index >= 15 is 0 Å². The SMILES string of the molecule is C/C(=N/NC(=O)c1ccccc1[N+](=O)[O-])c1cccc(NC(=O)c2ccc(Cl)cc2Cl)c1. The summed E-state index contributed by atoms with van der Waals surface area (Å²) in [6.45, 7) is 1.65. The fourth-order valence-corrected chi connectivity index (χ4v) is 3.27. The van der Waals surface area contributed by atoms with Crippen LogP contribution >= 0.6 is 23.2 Å². The van der Waals surface area contributed by atoms with Crippen LogP contribution in [0, 0.1) is 10.1 Å². The number of carbonyl (C=O) groups excluding carboxylic acids is 2. The van der Waals surface area contributed by atoms with Crippen molar-refractivity contribution in [1.29, 1.82) is 0 Å². The summed E-state index contributed by atoms with van der Waals surface area (Å²) in [5.41, 5.74) is 3.70. The van der Waals surface area contributed by atoms with E-state index < -0.39 is 16.7 Å². The van der Waals surface area contributed by atoms with E-state index in [4.69, 9.17) is 23.2 Å². The number of nitrogens with one attached hydrogen (secondary N) is 2. The highest BCUT2D eigenvalue weighted by atomic mass is 35.5. The second-order valence-electron chi connectivity index (χ2n) is 6.57. The Balaban J connectivity index is 1.74. The zero-order valence-electron chi connectivity index (χ0n) is 16.6. The fraction of sp³-hybridized carbons (Fsp3) is 0.0455. The van der Waals surface area contributed by atoms with Crippen LogP contribution in [-0.2, 0) is 0 Å². The van der Waals surface area contributed by atoms with Gasteiger partial charge in [0.15, 0.2) is 0 Å². The van der Waals surface area contributed by atoms with E-state index in [0.29, 0.717) is 22.0 Å². The number of nitro benzene ring substituents is 1. The Bertz CT molecular complexity index is 1240. The Morgan fingerprint density at radius 3 is 2.41 bits per heavy atom. The van der Waals surface area contributed by atoms with Crippen LogP contribution in [0.5, 0.6) is 0 Å². The molecule has 0 fully saturated rings. The summed E-state index contributed by atoms with van der Waals surface area (Å²) < 4.78 is 0. The maximum atomic E-state index is 12.5. The number of nitrogens with zero attached hydrogens (tertiary/aromatic N) is 2. The van der Waals surface area contributed by atoms with E-state index in [2.05, 4.69) is 15.8 Å². The van der Waals surface area contributed by atoms with Crippen molar-refractivity contribution in [3.8, 4) is 0 Å². The van der Waals surface area contributed by atoms with Gasteiger partial charge in [0.25, 0.3) is 17.5 Å².